The molecule has 1 aliphatic carbocycles. The highest BCUT2D eigenvalue weighted by atomic mass is 16.5. The van der Waals surface area contributed by atoms with Crippen LogP contribution in [0.25, 0.3) is 0 Å². The minimum Gasteiger partial charge on any atom is -0.461 e. The molecule has 0 aromatic heterocycles. The summed E-state index contributed by atoms with van der Waals surface area (Å²) in [5.41, 5.74) is 0.414. The Morgan fingerprint density at radius 3 is 2.48 bits per heavy atom. The van der Waals surface area contributed by atoms with Crippen molar-refractivity contribution in [3.05, 3.63) is 35.9 Å². The Balaban J connectivity index is 1.74. The van der Waals surface area contributed by atoms with Gasteiger partial charge in [0, 0.05) is 12.0 Å². The molecular formula is C22H29NO4. The number of likely N-dealkylation sites (tertiary alicyclic amines) is 1. The van der Waals surface area contributed by atoms with Crippen LogP contribution in [0, 0.1) is 17.8 Å². The summed E-state index contributed by atoms with van der Waals surface area (Å²) in [7, 11) is 0. The molecule has 0 radical (unpaired) electrons. The standard InChI is InChI=1S/C22H29NO4/c1-14(2)17-10-9-15(3)13-19(17)27-22(26)18-11-12-20(24)23(18)21(25)16-7-5-4-6-8-16/h4-8,14-15,17-19H,9-13H2,1-3H3/t15?,17?,18-,19?/m0/s1. The predicted octanol–water partition coefficient (Wildman–Crippen LogP) is 3.82. The van der Waals surface area contributed by atoms with Gasteiger partial charge in [0.15, 0.2) is 0 Å². The Bertz CT molecular complexity index is 700. The second-order valence-corrected chi connectivity index (χ2v) is 8.29. The summed E-state index contributed by atoms with van der Waals surface area (Å²) >= 11 is 0. The first-order chi connectivity index (χ1) is 12.9. The van der Waals surface area contributed by atoms with Crippen molar-refractivity contribution in [2.24, 2.45) is 17.8 Å². The molecule has 0 spiro atoms. The van der Waals surface area contributed by atoms with E-state index in [2.05, 4.69) is 20.8 Å². The van der Waals surface area contributed by atoms with E-state index in [1.54, 1.807) is 24.3 Å². The zero-order valence-corrected chi connectivity index (χ0v) is 16.4. The second kappa shape index (κ2) is 8.24. The summed E-state index contributed by atoms with van der Waals surface area (Å²) in [6, 6.07) is 7.82. The lowest BCUT2D eigenvalue weighted by molar-refractivity contribution is -0.161. The summed E-state index contributed by atoms with van der Waals surface area (Å²) in [6.07, 6.45) is 3.45. The maximum absolute atomic E-state index is 12.9. The molecule has 2 fully saturated rings. The van der Waals surface area contributed by atoms with Crippen molar-refractivity contribution in [2.75, 3.05) is 0 Å². The third-order valence-electron chi connectivity index (χ3n) is 5.95. The fourth-order valence-corrected chi connectivity index (χ4v) is 4.36. The monoisotopic (exact) mass is 371 g/mol. The van der Waals surface area contributed by atoms with E-state index in [0.717, 1.165) is 24.2 Å². The van der Waals surface area contributed by atoms with Crippen molar-refractivity contribution < 1.29 is 19.1 Å². The lowest BCUT2D eigenvalue weighted by Crippen LogP contribution is -2.46. The number of carbonyl (C=O) groups is 3. The van der Waals surface area contributed by atoms with Gasteiger partial charge in [-0.1, -0.05) is 45.4 Å². The fourth-order valence-electron chi connectivity index (χ4n) is 4.36. The average molecular weight is 371 g/mol. The van der Waals surface area contributed by atoms with Gasteiger partial charge in [0.25, 0.3) is 5.91 Å². The van der Waals surface area contributed by atoms with Gasteiger partial charge in [-0.15, -0.1) is 0 Å². The summed E-state index contributed by atoms with van der Waals surface area (Å²) in [6.45, 7) is 6.50. The van der Waals surface area contributed by atoms with Crippen LogP contribution in [0.15, 0.2) is 30.3 Å². The Labute approximate surface area is 161 Å². The third kappa shape index (κ3) is 4.23. The van der Waals surface area contributed by atoms with Crippen LogP contribution in [0.2, 0.25) is 0 Å². The van der Waals surface area contributed by atoms with Gasteiger partial charge in [-0.3, -0.25) is 14.5 Å². The summed E-state index contributed by atoms with van der Waals surface area (Å²) in [4.78, 5) is 39.1. The van der Waals surface area contributed by atoms with Crippen LogP contribution in [-0.2, 0) is 14.3 Å². The van der Waals surface area contributed by atoms with Crippen LogP contribution in [0.1, 0.15) is 63.2 Å². The first-order valence-corrected chi connectivity index (χ1v) is 10.0. The Hall–Kier alpha value is -2.17. The fraction of sp³-hybridized carbons (Fsp3) is 0.591. The van der Waals surface area contributed by atoms with E-state index in [0.29, 0.717) is 29.7 Å². The van der Waals surface area contributed by atoms with Crippen LogP contribution < -0.4 is 0 Å². The lowest BCUT2D eigenvalue weighted by Gasteiger charge is -2.37. The zero-order valence-electron chi connectivity index (χ0n) is 16.4. The number of imide groups is 1. The molecule has 1 aromatic carbocycles. The minimum absolute atomic E-state index is 0.134. The molecule has 4 atom stereocenters. The van der Waals surface area contributed by atoms with Gasteiger partial charge in [-0.25, -0.2) is 4.79 Å². The van der Waals surface area contributed by atoms with Crippen molar-refractivity contribution in [3.63, 3.8) is 0 Å². The van der Waals surface area contributed by atoms with Gasteiger partial charge < -0.3 is 4.74 Å². The summed E-state index contributed by atoms with van der Waals surface area (Å²) < 4.78 is 5.90. The molecule has 1 saturated carbocycles. The normalized spacial score (nSPS) is 28.4. The Morgan fingerprint density at radius 2 is 1.81 bits per heavy atom. The molecule has 3 unspecified atom stereocenters. The number of nitrogens with zero attached hydrogens (tertiary/aromatic N) is 1. The number of hydrogen-bond acceptors (Lipinski definition) is 4. The van der Waals surface area contributed by atoms with E-state index < -0.39 is 17.9 Å². The maximum atomic E-state index is 12.9. The van der Waals surface area contributed by atoms with Gasteiger partial charge in [0.1, 0.15) is 12.1 Å². The number of benzene rings is 1. The van der Waals surface area contributed by atoms with Crippen molar-refractivity contribution in [2.45, 2.75) is 65.0 Å². The Morgan fingerprint density at radius 1 is 1.11 bits per heavy atom. The first kappa shape index (κ1) is 19.6. The molecule has 146 valence electrons. The molecule has 27 heavy (non-hydrogen) atoms. The number of amides is 2. The second-order valence-electron chi connectivity index (χ2n) is 8.29. The maximum Gasteiger partial charge on any atom is 0.329 e. The van der Waals surface area contributed by atoms with Gasteiger partial charge in [-0.2, -0.15) is 0 Å². The third-order valence-corrected chi connectivity index (χ3v) is 5.95. The van der Waals surface area contributed by atoms with E-state index in [4.69, 9.17) is 4.74 Å². The van der Waals surface area contributed by atoms with Crippen molar-refractivity contribution in [1.29, 1.82) is 0 Å². The first-order valence-electron chi connectivity index (χ1n) is 10.0. The molecule has 1 heterocycles. The Kier molecular flexibility index (Phi) is 5.98. The van der Waals surface area contributed by atoms with E-state index in [1.807, 2.05) is 6.07 Å². The van der Waals surface area contributed by atoms with Gasteiger partial charge in [0.05, 0.1) is 0 Å². The molecule has 1 aliphatic heterocycles. The summed E-state index contributed by atoms with van der Waals surface area (Å²) in [5, 5.41) is 0. The van der Waals surface area contributed by atoms with Crippen LogP contribution in [0.3, 0.4) is 0 Å². The van der Waals surface area contributed by atoms with E-state index in [9.17, 15) is 14.4 Å². The molecule has 2 amide bonds. The molecule has 0 N–H and O–H groups in total. The van der Waals surface area contributed by atoms with Crippen LogP contribution in [-0.4, -0.2) is 34.8 Å². The SMILES string of the molecule is CC1CCC(C(C)C)C(OC(=O)[C@@H]2CCC(=O)N2C(=O)c2ccccc2)C1. The van der Waals surface area contributed by atoms with Gasteiger partial charge >= 0.3 is 5.97 Å². The molecular weight excluding hydrogens is 342 g/mol. The van der Waals surface area contributed by atoms with E-state index in [-0.39, 0.29) is 18.4 Å². The average Bonchev–Trinajstić information content (AvgIpc) is 3.03. The molecule has 5 heteroatoms. The topological polar surface area (TPSA) is 63.7 Å². The van der Waals surface area contributed by atoms with Crippen molar-refractivity contribution in [1.82, 2.24) is 4.90 Å². The molecule has 1 saturated heterocycles. The van der Waals surface area contributed by atoms with Crippen molar-refractivity contribution in [3.8, 4) is 0 Å². The number of esters is 1. The summed E-state index contributed by atoms with van der Waals surface area (Å²) in [5.74, 6) is 0.128. The van der Waals surface area contributed by atoms with Crippen LogP contribution in [0.4, 0.5) is 0 Å². The predicted molar refractivity (Wildman–Crippen MR) is 102 cm³/mol. The molecule has 0 bridgehead atoms. The smallest absolute Gasteiger partial charge is 0.329 e. The van der Waals surface area contributed by atoms with E-state index in [1.165, 1.54) is 0 Å². The van der Waals surface area contributed by atoms with Gasteiger partial charge in [-0.05, 0) is 49.1 Å². The van der Waals surface area contributed by atoms with Gasteiger partial charge in [0.2, 0.25) is 5.91 Å². The largest absolute Gasteiger partial charge is 0.461 e. The number of carbonyl (C=O) groups excluding carboxylic acids is 3. The highest BCUT2D eigenvalue weighted by Gasteiger charge is 2.43. The molecule has 3 rings (SSSR count). The highest BCUT2D eigenvalue weighted by Crippen LogP contribution is 2.36. The molecule has 5 nitrogen and oxygen atoms in total. The highest BCUT2D eigenvalue weighted by molar-refractivity contribution is 6.08. The van der Waals surface area contributed by atoms with Crippen LogP contribution >= 0.6 is 0 Å². The molecule has 2 aliphatic rings. The minimum atomic E-state index is -0.810. The molecule has 1 aromatic rings. The quantitative estimate of drug-likeness (QED) is 0.596. The zero-order chi connectivity index (χ0) is 19.6. The number of ether oxygens (including phenoxy) is 1. The van der Waals surface area contributed by atoms with E-state index >= 15 is 0 Å². The van der Waals surface area contributed by atoms with Crippen LogP contribution in [0.5, 0.6) is 0 Å². The lowest BCUT2D eigenvalue weighted by atomic mass is 9.75. The van der Waals surface area contributed by atoms with Crippen molar-refractivity contribution >= 4 is 17.8 Å². The number of rotatable bonds is 4. The number of hydrogen-bond donors (Lipinski definition) is 0.